The third kappa shape index (κ3) is 2.32. The van der Waals surface area contributed by atoms with E-state index >= 15 is 0 Å². The molecule has 0 spiro atoms. The van der Waals surface area contributed by atoms with Gasteiger partial charge in [-0.15, -0.1) is 0 Å². The zero-order valence-electron chi connectivity index (χ0n) is 10.3. The number of hydrogen-bond acceptors (Lipinski definition) is 4. The molecule has 1 atom stereocenters. The first-order valence-electron chi connectivity index (χ1n) is 5.88. The molecule has 2 N–H and O–H groups in total. The van der Waals surface area contributed by atoms with Crippen LogP contribution in [-0.2, 0) is 4.79 Å². The maximum atomic E-state index is 12.2. The highest BCUT2D eigenvalue weighted by atomic mass is 16.2. The molecule has 18 heavy (non-hydrogen) atoms. The number of amides is 2. The van der Waals surface area contributed by atoms with E-state index in [4.69, 9.17) is 5.73 Å². The standard InChI is InChI=1S/C12H16N4O2/c1-12(11(13)18)3-2-6-16(8-12)10(17)9-7-14-4-5-15-9/h4-5,7H,2-3,6,8H2,1H3,(H2,13,18)/t12-/m0/s1. The number of carbonyl (C=O) groups is 2. The summed E-state index contributed by atoms with van der Waals surface area (Å²) in [7, 11) is 0. The zero-order chi connectivity index (χ0) is 13.2. The molecule has 1 aliphatic rings. The second-order valence-corrected chi connectivity index (χ2v) is 4.85. The molecule has 1 fully saturated rings. The fourth-order valence-electron chi connectivity index (χ4n) is 2.19. The van der Waals surface area contributed by atoms with Gasteiger partial charge in [0.15, 0.2) is 0 Å². The Morgan fingerprint density at radius 1 is 1.44 bits per heavy atom. The van der Waals surface area contributed by atoms with E-state index < -0.39 is 5.41 Å². The Hall–Kier alpha value is -1.98. The molecular weight excluding hydrogens is 232 g/mol. The van der Waals surface area contributed by atoms with Crippen molar-refractivity contribution in [1.29, 1.82) is 0 Å². The molecule has 0 bridgehead atoms. The van der Waals surface area contributed by atoms with Crippen LogP contribution >= 0.6 is 0 Å². The van der Waals surface area contributed by atoms with E-state index in [1.165, 1.54) is 18.6 Å². The van der Waals surface area contributed by atoms with Crippen molar-refractivity contribution in [2.75, 3.05) is 13.1 Å². The highest BCUT2D eigenvalue weighted by Crippen LogP contribution is 2.29. The van der Waals surface area contributed by atoms with Gasteiger partial charge in [0.25, 0.3) is 5.91 Å². The molecule has 0 radical (unpaired) electrons. The van der Waals surface area contributed by atoms with Gasteiger partial charge < -0.3 is 10.6 Å². The van der Waals surface area contributed by atoms with Crippen molar-refractivity contribution >= 4 is 11.8 Å². The fourth-order valence-corrected chi connectivity index (χ4v) is 2.19. The van der Waals surface area contributed by atoms with Crippen molar-refractivity contribution in [1.82, 2.24) is 14.9 Å². The van der Waals surface area contributed by atoms with E-state index in [1.54, 1.807) is 11.8 Å². The van der Waals surface area contributed by atoms with Gasteiger partial charge in [-0.3, -0.25) is 14.6 Å². The van der Waals surface area contributed by atoms with E-state index in [0.29, 0.717) is 25.2 Å². The molecule has 1 aromatic rings. The normalized spacial score (nSPS) is 23.7. The molecular formula is C12H16N4O2. The number of likely N-dealkylation sites (tertiary alicyclic amines) is 1. The molecule has 0 aromatic carbocycles. The van der Waals surface area contributed by atoms with Crippen LogP contribution in [0.2, 0.25) is 0 Å². The van der Waals surface area contributed by atoms with E-state index in [2.05, 4.69) is 9.97 Å². The minimum atomic E-state index is -0.643. The summed E-state index contributed by atoms with van der Waals surface area (Å²) in [6.07, 6.45) is 5.90. The molecule has 6 heteroatoms. The first kappa shape index (κ1) is 12.5. The predicted molar refractivity (Wildman–Crippen MR) is 64.5 cm³/mol. The maximum absolute atomic E-state index is 12.2. The monoisotopic (exact) mass is 248 g/mol. The summed E-state index contributed by atoms with van der Waals surface area (Å²) in [5.74, 6) is -0.561. The lowest BCUT2D eigenvalue weighted by molar-refractivity contribution is -0.129. The van der Waals surface area contributed by atoms with Crippen molar-refractivity contribution in [3.8, 4) is 0 Å². The van der Waals surface area contributed by atoms with Gasteiger partial charge in [0.05, 0.1) is 11.6 Å². The van der Waals surface area contributed by atoms with E-state index in [0.717, 1.165) is 6.42 Å². The number of rotatable bonds is 2. The molecule has 0 aliphatic carbocycles. The van der Waals surface area contributed by atoms with Gasteiger partial charge in [0.2, 0.25) is 5.91 Å². The molecule has 0 unspecified atom stereocenters. The van der Waals surface area contributed by atoms with Crippen molar-refractivity contribution in [2.24, 2.45) is 11.1 Å². The predicted octanol–water partition coefficient (Wildman–Crippen LogP) is 0.204. The minimum Gasteiger partial charge on any atom is -0.369 e. The third-order valence-electron chi connectivity index (χ3n) is 3.36. The van der Waals surface area contributed by atoms with Crippen LogP contribution < -0.4 is 5.73 Å². The van der Waals surface area contributed by atoms with E-state index in [9.17, 15) is 9.59 Å². The van der Waals surface area contributed by atoms with Gasteiger partial charge in [-0.1, -0.05) is 0 Å². The van der Waals surface area contributed by atoms with Crippen molar-refractivity contribution in [3.05, 3.63) is 24.3 Å². The fraction of sp³-hybridized carbons (Fsp3) is 0.500. The zero-order valence-corrected chi connectivity index (χ0v) is 10.3. The summed E-state index contributed by atoms with van der Waals surface area (Å²) < 4.78 is 0. The second-order valence-electron chi connectivity index (χ2n) is 4.85. The largest absolute Gasteiger partial charge is 0.369 e. The van der Waals surface area contributed by atoms with Crippen molar-refractivity contribution in [3.63, 3.8) is 0 Å². The molecule has 6 nitrogen and oxygen atoms in total. The average Bonchev–Trinajstić information content (AvgIpc) is 2.39. The number of aromatic nitrogens is 2. The molecule has 96 valence electrons. The molecule has 2 rings (SSSR count). The smallest absolute Gasteiger partial charge is 0.274 e. The number of nitrogens with zero attached hydrogens (tertiary/aromatic N) is 3. The Bertz CT molecular complexity index is 462. The molecule has 1 aromatic heterocycles. The molecule has 1 saturated heterocycles. The number of piperidine rings is 1. The molecule has 2 amide bonds. The maximum Gasteiger partial charge on any atom is 0.274 e. The molecule has 2 heterocycles. The van der Waals surface area contributed by atoms with E-state index in [1.807, 2.05) is 0 Å². The Kier molecular flexibility index (Phi) is 3.27. The van der Waals surface area contributed by atoms with Crippen molar-refractivity contribution in [2.45, 2.75) is 19.8 Å². The highest BCUT2D eigenvalue weighted by molar-refractivity contribution is 5.92. The number of carbonyl (C=O) groups excluding carboxylic acids is 2. The van der Waals surface area contributed by atoms with Gasteiger partial charge in [0.1, 0.15) is 5.69 Å². The first-order valence-corrected chi connectivity index (χ1v) is 5.88. The molecule has 1 aliphatic heterocycles. The summed E-state index contributed by atoms with van der Waals surface area (Å²) >= 11 is 0. The van der Waals surface area contributed by atoms with E-state index in [-0.39, 0.29) is 11.8 Å². The first-order chi connectivity index (χ1) is 8.53. The Morgan fingerprint density at radius 2 is 2.22 bits per heavy atom. The van der Waals surface area contributed by atoms with Crippen LogP contribution in [0.1, 0.15) is 30.3 Å². The third-order valence-corrected chi connectivity index (χ3v) is 3.36. The topological polar surface area (TPSA) is 89.2 Å². The summed E-state index contributed by atoms with van der Waals surface area (Å²) in [5.41, 5.74) is 5.05. The lowest BCUT2D eigenvalue weighted by Gasteiger charge is -2.38. The second kappa shape index (κ2) is 4.72. The van der Waals surface area contributed by atoms with Gasteiger partial charge in [0, 0.05) is 25.5 Å². The number of primary amides is 1. The summed E-state index contributed by atoms with van der Waals surface area (Å²) in [5, 5.41) is 0. The lowest BCUT2D eigenvalue weighted by Crippen LogP contribution is -2.50. The van der Waals surface area contributed by atoms with Gasteiger partial charge in [-0.2, -0.15) is 0 Å². The summed E-state index contributed by atoms with van der Waals surface area (Å²) in [6.45, 7) is 2.77. The Labute approximate surface area is 105 Å². The van der Waals surface area contributed by atoms with Crippen LogP contribution in [0.5, 0.6) is 0 Å². The quantitative estimate of drug-likeness (QED) is 0.809. The molecule has 0 saturated carbocycles. The van der Waals surface area contributed by atoms with Gasteiger partial charge >= 0.3 is 0 Å². The lowest BCUT2D eigenvalue weighted by atomic mass is 9.81. The van der Waals surface area contributed by atoms with Crippen LogP contribution in [0.4, 0.5) is 0 Å². The minimum absolute atomic E-state index is 0.199. The summed E-state index contributed by atoms with van der Waals surface area (Å²) in [6, 6.07) is 0. The van der Waals surface area contributed by atoms with Crippen molar-refractivity contribution < 1.29 is 9.59 Å². The van der Waals surface area contributed by atoms with Gasteiger partial charge in [-0.25, -0.2) is 4.98 Å². The van der Waals surface area contributed by atoms with Crippen LogP contribution in [-0.4, -0.2) is 39.8 Å². The number of hydrogen-bond donors (Lipinski definition) is 1. The highest BCUT2D eigenvalue weighted by Gasteiger charge is 2.38. The van der Waals surface area contributed by atoms with Gasteiger partial charge in [-0.05, 0) is 19.8 Å². The van der Waals surface area contributed by atoms with Crippen LogP contribution in [0.15, 0.2) is 18.6 Å². The SMILES string of the molecule is C[C@]1(C(N)=O)CCCN(C(=O)c2cnccn2)C1. The van der Waals surface area contributed by atoms with Crippen LogP contribution in [0.3, 0.4) is 0 Å². The Morgan fingerprint density at radius 3 is 2.83 bits per heavy atom. The Balaban J connectivity index is 2.15. The van der Waals surface area contributed by atoms with Crippen LogP contribution in [0, 0.1) is 5.41 Å². The number of nitrogens with two attached hydrogens (primary N) is 1. The average molecular weight is 248 g/mol. The van der Waals surface area contributed by atoms with Crippen LogP contribution in [0.25, 0.3) is 0 Å². The summed E-state index contributed by atoms with van der Waals surface area (Å²) in [4.78, 5) is 33.1.